The lowest BCUT2D eigenvalue weighted by Gasteiger charge is -2.17. The molecular formula is C61H75NO18. The van der Waals surface area contributed by atoms with Crippen LogP contribution in [0.15, 0.2) is 72.8 Å². The molecule has 4 aromatic carbocycles. The van der Waals surface area contributed by atoms with Gasteiger partial charge in [-0.15, -0.1) is 0 Å². The molecule has 1 saturated heterocycles. The second-order valence-electron chi connectivity index (χ2n) is 19.3. The molecule has 80 heavy (non-hydrogen) atoms. The number of nitrogens with zero attached hydrogens (tertiary/aromatic N) is 1. The highest BCUT2D eigenvalue weighted by atomic mass is 16.8. The third kappa shape index (κ3) is 17.8. The van der Waals surface area contributed by atoms with E-state index in [4.69, 9.17) is 47.5 Å². The Bertz CT molecular complexity index is 2570. The maximum atomic E-state index is 13.0. The van der Waals surface area contributed by atoms with E-state index in [1.54, 1.807) is 52.7 Å². The average molecular weight is 1110 g/mol. The van der Waals surface area contributed by atoms with Crippen LogP contribution in [-0.4, -0.2) is 172 Å². The van der Waals surface area contributed by atoms with E-state index in [1.807, 2.05) is 48.5 Å². The molecule has 0 unspecified atom stereocenters. The highest BCUT2D eigenvalue weighted by Gasteiger charge is 2.36. The van der Waals surface area contributed by atoms with Gasteiger partial charge in [0.1, 0.15) is 6.61 Å². The standard InChI is InChI=1S/C33H39NO11.C28H36O7/c1-40-15-17-42-13-3-5-29(35)22-7-9-24-25-10-8-23(30(36)6-4-14-43-18-16-41-2)20-27(25)28(26(24)19-22)21-44-33(39)45-34-31(37)11-12-32(34)38;1-32-13-15-34-11-3-5-27(30)20-7-9-22-23-10-8-21(18-25(23)26(19-29)24(22)17-20)28(31)6-4-12-35-16-14-33-2/h7-10,19-20,28H,3-6,11-18,21H2,1-2H3;7-10,17-18,26,29H,3-6,11-16,19H2,1-2H3. The number of hydroxylamine groups is 2. The van der Waals surface area contributed by atoms with E-state index in [2.05, 4.69) is 0 Å². The first-order valence-corrected chi connectivity index (χ1v) is 27.2. The summed E-state index contributed by atoms with van der Waals surface area (Å²) in [6.45, 7) is 5.61. The molecule has 1 aliphatic heterocycles. The largest absolute Gasteiger partial charge is 0.533 e. The van der Waals surface area contributed by atoms with Crippen LogP contribution in [0, 0.1) is 0 Å². The Kier molecular flexibility index (Phi) is 26.2. The summed E-state index contributed by atoms with van der Waals surface area (Å²) in [6.07, 6.45) is 2.49. The molecule has 1 heterocycles. The molecule has 2 aliphatic carbocycles. The number of ketones is 4. The van der Waals surface area contributed by atoms with E-state index in [0.29, 0.717) is 145 Å². The first-order chi connectivity index (χ1) is 38.9. The number of carbonyl (C=O) groups excluding carboxylic acids is 7. The van der Waals surface area contributed by atoms with E-state index in [9.17, 15) is 38.7 Å². The van der Waals surface area contributed by atoms with Gasteiger partial charge >= 0.3 is 6.16 Å². The Hall–Kier alpha value is -6.39. The Morgan fingerprint density at radius 1 is 0.438 bits per heavy atom. The number of amides is 2. The highest BCUT2D eigenvalue weighted by molar-refractivity contribution is 6.02. The summed E-state index contributed by atoms with van der Waals surface area (Å²) < 4.78 is 47.0. The summed E-state index contributed by atoms with van der Waals surface area (Å²) in [4.78, 5) is 92.7. The molecule has 1 fully saturated rings. The van der Waals surface area contributed by atoms with Gasteiger partial charge in [-0.1, -0.05) is 53.6 Å². The molecule has 0 radical (unpaired) electrons. The average Bonchev–Trinajstić information content (AvgIpc) is 4.19. The van der Waals surface area contributed by atoms with E-state index in [0.717, 1.165) is 44.5 Å². The lowest BCUT2D eigenvalue weighted by molar-refractivity contribution is -0.177. The second-order valence-corrected chi connectivity index (χ2v) is 19.3. The van der Waals surface area contributed by atoms with Crippen LogP contribution in [0.25, 0.3) is 22.3 Å². The van der Waals surface area contributed by atoms with Gasteiger partial charge in [-0.3, -0.25) is 33.6 Å². The van der Waals surface area contributed by atoms with Crippen molar-refractivity contribution in [2.75, 3.05) is 121 Å². The summed E-state index contributed by atoms with van der Waals surface area (Å²) in [6, 6.07) is 22.2. The summed E-state index contributed by atoms with van der Waals surface area (Å²) in [5.41, 5.74) is 9.36. The van der Waals surface area contributed by atoms with Crippen LogP contribution >= 0.6 is 0 Å². The van der Waals surface area contributed by atoms with Crippen LogP contribution in [-0.2, 0) is 57.1 Å². The number of Topliss-reactive ketones (excluding diaryl/α,β-unsaturated/α-hetero) is 4. The molecular weight excluding hydrogens is 1030 g/mol. The van der Waals surface area contributed by atoms with Crippen LogP contribution in [0.1, 0.15) is 140 Å². The Morgan fingerprint density at radius 3 is 1.02 bits per heavy atom. The van der Waals surface area contributed by atoms with Crippen molar-refractivity contribution < 1.29 is 86.1 Å². The van der Waals surface area contributed by atoms with Crippen molar-refractivity contribution in [1.29, 1.82) is 0 Å². The monoisotopic (exact) mass is 1110 g/mol. The smallest absolute Gasteiger partial charge is 0.432 e. The van der Waals surface area contributed by atoms with Crippen molar-refractivity contribution in [3.8, 4) is 22.3 Å². The predicted molar refractivity (Wildman–Crippen MR) is 293 cm³/mol. The Balaban J connectivity index is 0.000000266. The number of aliphatic hydroxyl groups is 1. The fraction of sp³-hybridized carbons (Fsp3) is 0.492. The number of fused-ring (bicyclic) bond motifs is 6. The van der Waals surface area contributed by atoms with Crippen LogP contribution in [0.4, 0.5) is 4.79 Å². The van der Waals surface area contributed by atoms with Crippen molar-refractivity contribution in [1.82, 2.24) is 5.06 Å². The van der Waals surface area contributed by atoms with E-state index < -0.39 is 23.9 Å². The highest BCUT2D eigenvalue weighted by Crippen LogP contribution is 2.47. The van der Waals surface area contributed by atoms with E-state index in [-0.39, 0.29) is 67.9 Å². The number of methoxy groups -OCH3 is 4. The second kappa shape index (κ2) is 33.4. The number of ether oxygens (including phenoxy) is 9. The quantitative estimate of drug-likeness (QED) is 0.0195. The molecule has 4 aromatic rings. The Labute approximate surface area is 467 Å². The van der Waals surface area contributed by atoms with Gasteiger partial charge in [-0.25, -0.2) is 4.79 Å². The van der Waals surface area contributed by atoms with Gasteiger partial charge in [-0.05, 0) is 94.5 Å². The first kappa shape index (κ1) is 62.8. The molecule has 0 spiro atoms. The third-order valence-corrected chi connectivity index (χ3v) is 13.8. The molecule has 0 saturated carbocycles. The van der Waals surface area contributed by atoms with Crippen molar-refractivity contribution in [3.05, 3.63) is 117 Å². The first-order valence-electron chi connectivity index (χ1n) is 27.2. The maximum Gasteiger partial charge on any atom is 0.533 e. The number of aliphatic hydroxyl groups excluding tert-OH is 1. The van der Waals surface area contributed by atoms with Crippen molar-refractivity contribution in [3.63, 3.8) is 0 Å². The molecule has 19 heteroatoms. The van der Waals surface area contributed by atoms with Gasteiger partial charge in [0.05, 0.1) is 59.5 Å². The number of carbonyl (C=O) groups is 7. The lowest BCUT2D eigenvalue weighted by Crippen LogP contribution is -2.32. The number of rotatable bonds is 36. The molecule has 1 N–H and O–H groups in total. The summed E-state index contributed by atoms with van der Waals surface area (Å²) in [5.74, 6) is -2.02. The predicted octanol–water partition coefficient (Wildman–Crippen LogP) is 8.31. The fourth-order valence-electron chi connectivity index (χ4n) is 9.59. The van der Waals surface area contributed by atoms with Crippen molar-refractivity contribution in [2.24, 2.45) is 0 Å². The van der Waals surface area contributed by atoms with Crippen LogP contribution in [0.5, 0.6) is 0 Å². The summed E-state index contributed by atoms with van der Waals surface area (Å²) in [5, 5.41) is 10.6. The zero-order chi connectivity index (χ0) is 57.2. The number of benzene rings is 4. The normalized spacial score (nSPS) is 13.4. The minimum atomic E-state index is -1.20. The molecule has 7 rings (SSSR count). The molecule has 432 valence electrons. The van der Waals surface area contributed by atoms with Gasteiger partial charge < -0.3 is 47.7 Å². The van der Waals surface area contributed by atoms with Gasteiger partial charge in [0.25, 0.3) is 11.8 Å². The van der Waals surface area contributed by atoms with Gasteiger partial charge in [0.2, 0.25) is 0 Å². The van der Waals surface area contributed by atoms with E-state index >= 15 is 0 Å². The molecule has 0 bridgehead atoms. The Morgan fingerprint density at radius 2 is 0.738 bits per heavy atom. The van der Waals surface area contributed by atoms with Gasteiger partial charge in [-0.2, -0.15) is 0 Å². The minimum absolute atomic E-state index is 0.0400. The van der Waals surface area contributed by atoms with Gasteiger partial charge in [0, 0.05) is 127 Å². The number of hydrogen-bond acceptors (Lipinski definition) is 18. The van der Waals surface area contributed by atoms with Crippen molar-refractivity contribution in [2.45, 2.75) is 76.0 Å². The summed E-state index contributed by atoms with van der Waals surface area (Å²) >= 11 is 0. The third-order valence-electron chi connectivity index (χ3n) is 13.8. The summed E-state index contributed by atoms with van der Waals surface area (Å²) in [7, 11) is 6.44. The lowest BCUT2D eigenvalue weighted by atomic mass is 9.93. The molecule has 19 nitrogen and oxygen atoms in total. The zero-order valence-electron chi connectivity index (χ0n) is 46.4. The van der Waals surface area contributed by atoms with E-state index in [1.165, 1.54) is 0 Å². The van der Waals surface area contributed by atoms with Gasteiger partial charge in [0.15, 0.2) is 23.1 Å². The molecule has 0 atom stereocenters. The number of hydrogen-bond donors (Lipinski definition) is 1. The topological polar surface area (TPSA) is 235 Å². The molecule has 2 amide bonds. The number of imide groups is 1. The van der Waals surface area contributed by atoms with Crippen molar-refractivity contribution >= 4 is 41.1 Å². The maximum absolute atomic E-state index is 13.0. The minimum Gasteiger partial charge on any atom is -0.432 e. The van der Waals surface area contributed by atoms with Crippen LogP contribution < -0.4 is 0 Å². The fourth-order valence-corrected chi connectivity index (χ4v) is 9.59. The zero-order valence-corrected chi connectivity index (χ0v) is 46.4. The SMILES string of the molecule is COCCOCCCC(=O)c1ccc2c(c1)C(CO)c1cc(C(=O)CCCOCCOC)ccc1-2.COCCOCCCC(=O)c1ccc2c(c1)C(COC(=O)ON1C(=O)CCC1=O)c1cc(C(=O)CCCOCCOC)ccc1-2. The molecule has 3 aliphatic rings. The van der Waals surface area contributed by atoms with Crippen LogP contribution in [0.2, 0.25) is 0 Å². The van der Waals surface area contributed by atoms with Crippen LogP contribution in [0.3, 0.4) is 0 Å². The molecule has 0 aromatic heterocycles.